The lowest BCUT2D eigenvalue weighted by Crippen LogP contribution is -2.50. The average Bonchev–Trinajstić information content (AvgIpc) is 2.18. The summed E-state index contributed by atoms with van der Waals surface area (Å²) in [7, 11) is 0. The van der Waals surface area contributed by atoms with Crippen LogP contribution in [0.4, 0.5) is 0 Å². The Morgan fingerprint density at radius 1 is 1.33 bits per heavy atom. The maximum absolute atomic E-state index is 5.28. The Hall–Kier alpha value is -0.570. The Morgan fingerprint density at radius 3 is 2.47 bits per heavy atom. The third-order valence-electron chi connectivity index (χ3n) is 2.89. The van der Waals surface area contributed by atoms with Crippen LogP contribution in [0.5, 0.6) is 0 Å². The summed E-state index contributed by atoms with van der Waals surface area (Å²) >= 11 is 5.28. The molecule has 1 rings (SSSR count). The van der Waals surface area contributed by atoms with Gasteiger partial charge in [0.05, 0.1) is 5.54 Å². The summed E-state index contributed by atoms with van der Waals surface area (Å²) in [5, 5.41) is 7.39. The SMILES string of the molecule is C=CC(C)(C)NC(=S)NC1CCCCC1. The van der Waals surface area contributed by atoms with E-state index in [9.17, 15) is 0 Å². The molecule has 3 heteroatoms. The van der Waals surface area contributed by atoms with E-state index >= 15 is 0 Å². The van der Waals surface area contributed by atoms with Crippen molar-refractivity contribution in [3.05, 3.63) is 12.7 Å². The molecule has 0 heterocycles. The van der Waals surface area contributed by atoms with Crippen molar-refractivity contribution < 1.29 is 0 Å². The zero-order valence-corrected chi connectivity index (χ0v) is 10.6. The smallest absolute Gasteiger partial charge is 0.167 e. The molecule has 0 aromatic carbocycles. The molecule has 0 aromatic heterocycles. The number of thiocarbonyl (C=S) groups is 1. The molecule has 1 saturated carbocycles. The molecule has 1 fully saturated rings. The second kappa shape index (κ2) is 5.50. The number of hydrogen-bond acceptors (Lipinski definition) is 1. The number of rotatable bonds is 3. The topological polar surface area (TPSA) is 24.1 Å². The van der Waals surface area contributed by atoms with Crippen molar-refractivity contribution in [2.75, 3.05) is 0 Å². The highest BCUT2D eigenvalue weighted by atomic mass is 32.1. The molecule has 0 amide bonds. The molecule has 0 saturated heterocycles. The second-order valence-corrected chi connectivity index (χ2v) is 5.27. The first-order valence-electron chi connectivity index (χ1n) is 5.76. The van der Waals surface area contributed by atoms with Gasteiger partial charge in [0.2, 0.25) is 0 Å². The Balaban J connectivity index is 2.31. The molecule has 0 radical (unpaired) electrons. The van der Waals surface area contributed by atoms with Crippen LogP contribution in [0.3, 0.4) is 0 Å². The fraction of sp³-hybridized carbons (Fsp3) is 0.750. The lowest BCUT2D eigenvalue weighted by Gasteiger charge is -2.29. The monoisotopic (exact) mass is 226 g/mol. The van der Waals surface area contributed by atoms with Gasteiger partial charge in [-0.05, 0) is 38.9 Å². The first-order chi connectivity index (χ1) is 7.03. The van der Waals surface area contributed by atoms with Gasteiger partial charge in [-0.15, -0.1) is 6.58 Å². The predicted octanol–water partition coefficient (Wildman–Crippen LogP) is 2.75. The molecular formula is C12H22N2S. The Labute approximate surface area is 98.5 Å². The maximum Gasteiger partial charge on any atom is 0.167 e. The summed E-state index contributed by atoms with van der Waals surface area (Å²) in [5.74, 6) is 0. The Bertz CT molecular complexity index is 230. The van der Waals surface area contributed by atoms with Gasteiger partial charge in [0, 0.05) is 6.04 Å². The predicted molar refractivity (Wildman–Crippen MR) is 70.0 cm³/mol. The van der Waals surface area contributed by atoms with E-state index in [0.29, 0.717) is 6.04 Å². The van der Waals surface area contributed by atoms with Crippen molar-refractivity contribution in [1.82, 2.24) is 10.6 Å². The van der Waals surface area contributed by atoms with Crippen molar-refractivity contribution in [3.8, 4) is 0 Å². The van der Waals surface area contributed by atoms with Crippen LogP contribution in [0.2, 0.25) is 0 Å². The largest absolute Gasteiger partial charge is 0.360 e. The van der Waals surface area contributed by atoms with Gasteiger partial charge in [-0.25, -0.2) is 0 Å². The van der Waals surface area contributed by atoms with Crippen LogP contribution in [0.1, 0.15) is 46.0 Å². The highest BCUT2D eigenvalue weighted by Crippen LogP contribution is 2.17. The van der Waals surface area contributed by atoms with E-state index in [1.807, 2.05) is 6.08 Å². The molecule has 15 heavy (non-hydrogen) atoms. The van der Waals surface area contributed by atoms with Gasteiger partial charge in [-0.2, -0.15) is 0 Å². The van der Waals surface area contributed by atoms with E-state index in [1.165, 1.54) is 32.1 Å². The standard InChI is InChI=1S/C12H22N2S/c1-4-12(2,3)14-11(15)13-10-8-6-5-7-9-10/h4,10H,1,5-9H2,2-3H3,(H2,13,14,15). The number of nitrogens with one attached hydrogen (secondary N) is 2. The van der Waals surface area contributed by atoms with E-state index in [1.54, 1.807) is 0 Å². The van der Waals surface area contributed by atoms with Crippen molar-refractivity contribution in [2.24, 2.45) is 0 Å². The first-order valence-corrected chi connectivity index (χ1v) is 6.16. The van der Waals surface area contributed by atoms with Gasteiger partial charge in [0.25, 0.3) is 0 Å². The lowest BCUT2D eigenvalue weighted by molar-refractivity contribution is 0.408. The normalized spacial score (nSPS) is 18.3. The quantitative estimate of drug-likeness (QED) is 0.571. The summed E-state index contributed by atoms with van der Waals surface area (Å²) in [4.78, 5) is 0. The summed E-state index contributed by atoms with van der Waals surface area (Å²) in [5.41, 5.74) is -0.126. The van der Waals surface area contributed by atoms with Crippen LogP contribution in [-0.2, 0) is 0 Å². The molecule has 0 aliphatic heterocycles. The number of hydrogen-bond donors (Lipinski definition) is 2. The summed E-state index contributed by atoms with van der Waals surface area (Å²) in [6.07, 6.45) is 8.39. The summed E-state index contributed by atoms with van der Waals surface area (Å²) < 4.78 is 0. The maximum atomic E-state index is 5.28. The van der Waals surface area contributed by atoms with Gasteiger partial charge < -0.3 is 10.6 Å². The molecule has 0 aromatic rings. The molecular weight excluding hydrogens is 204 g/mol. The van der Waals surface area contributed by atoms with Gasteiger partial charge in [0.1, 0.15) is 0 Å². The van der Waals surface area contributed by atoms with Crippen LogP contribution in [0.25, 0.3) is 0 Å². The van der Waals surface area contributed by atoms with Crippen LogP contribution in [0.15, 0.2) is 12.7 Å². The fourth-order valence-corrected chi connectivity index (χ4v) is 2.24. The van der Waals surface area contributed by atoms with Crippen LogP contribution < -0.4 is 10.6 Å². The molecule has 1 aliphatic carbocycles. The molecule has 0 unspecified atom stereocenters. The highest BCUT2D eigenvalue weighted by Gasteiger charge is 2.17. The minimum atomic E-state index is -0.126. The molecule has 2 N–H and O–H groups in total. The van der Waals surface area contributed by atoms with Gasteiger partial charge in [-0.3, -0.25) is 0 Å². The van der Waals surface area contributed by atoms with Crippen molar-refractivity contribution in [2.45, 2.75) is 57.5 Å². The third kappa shape index (κ3) is 4.65. The van der Waals surface area contributed by atoms with Gasteiger partial charge in [-0.1, -0.05) is 25.3 Å². The Kier molecular flexibility index (Phi) is 4.58. The van der Waals surface area contributed by atoms with E-state index in [4.69, 9.17) is 12.2 Å². The molecule has 86 valence electrons. The molecule has 0 bridgehead atoms. The van der Waals surface area contributed by atoms with Crippen LogP contribution in [-0.4, -0.2) is 16.7 Å². The second-order valence-electron chi connectivity index (χ2n) is 4.86. The molecule has 0 spiro atoms. The highest BCUT2D eigenvalue weighted by molar-refractivity contribution is 7.80. The minimum absolute atomic E-state index is 0.126. The van der Waals surface area contributed by atoms with Crippen LogP contribution in [0, 0.1) is 0 Å². The van der Waals surface area contributed by atoms with Crippen molar-refractivity contribution in [1.29, 1.82) is 0 Å². The summed E-state index contributed by atoms with van der Waals surface area (Å²) in [6, 6.07) is 0.569. The van der Waals surface area contributed by atoms with Gasteiger partial charge in [0.15, 0.2) is 5.11 Å². The van der Waals surface area contributed by atoms with Crippen molar-refractivity contribution >= 4 is 17.3 Å². The van der Waals surface area contributed by atoms with E-state index in [2.05, 4.69) is 31.1 Å². The molecule has 0 atom stereocenters. The summed E-state index contributed by atoms with van der Waals surface area (Å²) in [6.45, 7) is 7.91. The van der Waals surface area contributed by atoms with Crippen LogP contribution >= 0.6 is 12.2 Å². The lowest BCUT2D eigenvalue weighted by atomic mass is 9.96. The minimum Gasteiger partial charge on any atom is -0.360 e. The van der Waals surface area contributed by atoms with E-state index in [0.717, 1.165) is 5.11 Å². The van der Waals surface area contributed by atoms with E-state index < -0.39 is 0 Å². The third-order valence-corrected chi connectivity index (χ3v) is 3.11. The fourth-order valence-electron chi connectivity index (χ4n) is 1.81. The van der Waals surface area contributed by atoms with E-state index in [-0.39, 0.29) is 5.54 Å². The molecule has 1 aliphatic rings. The Morgan fingerprint density at radius 2 is 1.93 bits per heavy atom. The zero-order valence-electron chi connectivity index (χ0n) is 9.81. The zero-order chi connectivity index (χ0) is 11.3. The van der Waals surface area contributed by atoms with Crippen molar-refractivity contribution in [3.63, 3.8) is 0 Å². The average molecular weight is 226 g/mol. The molecule has 2 nitrogen and oxygen atoms in total. The first kappa shape index (κ1) is 12.5. The van der Waals surface area contributed by atoms with Gasteiger partial charge >= 0.3 is 0 Å².